The quantitative estimate of drug-likeness (QED) is 0.780. The van der Waals surface area contributed by atoms with Crippen LogP contribution in [0.4, 0.5) is 0 Å². The van der Waals surface area contributed by atoms with Gasteiger partial charge < -0.3 is 4.74 Å². The summed E-state index contributed by atoms with van der Waals surface area (Å²) in [5, 5.41) is 11.1. The highest BCUT2D eigenvalue weighted by Crippen LogP contribution is 2.28. The van der Waals surface area contributed by atoms with E-state index in [9.17, 15) is 0 Å². The monoisotopic (exact) mass is 211 g/mol. The highest BCUT2D eigenvalue weighted by Gasteiger charge is 2.07. The van der Waals surface area contributed by atoms with Crippen molar-refractivity contribution >= 4 is 10.8 Å². The number of nitrogens with zero attached hydrogens (tertiary/aromatic N) is 1. The molecule has 0 radical (unpaired) electrons. The number of ether oxygens (including phenoxy) is 1. The van der Waals surface area contributed by atoms with Crippen LogP contribution in [0.25, 0.3) is 10.8 Å². The summed E-state index contributed by atoms with van der Waals surface area (Å²) >= 11 is 0. The van der Waals surface area contributed by atoms with E-state index in [1.165, 1.54) is 0 Å². The molecule has 2 rings (SSSR count). The van der Waals surface area contributed by atoms with Crippen molar-refractivity contribution in [3.63, 3.8) is 0 Å². The third-order valence-electron chi connectivity index (χ3n) is 2.55. The molecule has 0 unspecified atom stereocenters. The van der Waals surface area contributed by atoms with Gasteiger partial charge in [-0.2, -0.15) is 5.26 Å². The normalized spacial score (nSPS) is 10.0. The van der Waals surface area contributed by atoms with Gasteiger partial charge in [-0.05, 0) is 23.8 Å². The lowest BCUT2D eigenvalue weighted by Crippen LogP contribution is -1.97. The molecule has 0 aliphatic rings. The van der Waals surface area contributed by atoms with Crippen LogP contribution < -0.4 is 4.74 Å². The van der Waals surface area contributed by atoms with Gasteiger partial charge in [-0.25, -0.2) is 0 Å². The van der Waals surface area contributed by atoms with Crippen LogP contribution in [0.1, 0.15) is 12.5 Å². The van der Waals surface area contributed by atoms with Crippen molar-refractivity contribution in [1.82, 2.24) is 0 Å². The molecule has 0 aliphatic carbocycles. The van der Waals surface area contributed by atoms with Crippen LogP contribution in [0.3, 0.4) is 0 Å². The molecule has 0 aromatic heterocycles. The maximum atomic E-state index is 8.87. The highest BCUT2D eigenvalue weighted by molar-refractivity contribution is 5.88. The lowest BCUT2D eigenvalue weighted by Gasteiger charge is -2.10. The number of nitriles is 1. The zero-order valence-corrected chi connectivity index (χ0v) is 9.23. The highest BCUT2D eigenvalue weighted by atomic mass is 16.5. The van der Waals surface area contributed by atoms with Crippen molar-refractivity contribution in [2.75, 3.05) is 6.61 Å². The van der Waals surface area contributed by atoms with E-state index < -0.39 is 0 Å². The van der Waals surface area contributed by atoms with Crippen molar-refractivity contribution < 1.29 is 4.74 Å². The van der Waals surface area contributed by atoms with Gasteiger partial charge in [-0.3, -0.25) is 0 Å². The summed E-state index contributed by atoms with van der Waals surface area (Å²) in [5.41, 5.74) is 0.988. The summed E-state index contributed by atoms with van der Waals surface area (Å²) in [5.74, 6) is 0.822. The molecule has 0 bridgehead atoms. The molecule has 16 heavy (non-hydrogen) atoms. The maximum Gasteiger partial charge on any atom is 0.124 e. The summed E-state index contributed by atoms with van der Waals surface area (Å²) in [6.45, 7) is 2.57. The molecule has 0 spiro atoms. The lowest BCUT2D eigenvalue weighted by atomic mass is 10.0. The van der Waals surface area contributed by atoms with Gasteiger partial charge in [0.1, 0.15) is 5.75 Å². The molecule has 80 valence electrons. The molecule has 2 aromatic rings. The molecule has 2 heteroatoms. The molecule has 0 aliphatic heterocycles. The van der Waals surface area contributed by atoms with Crippen molar-refractivity contribution in [2.24, 2.45) is 0 Å². The number of fused-ring (bicyclic) bond motifs is 1. The standard InChI is InChI=1S/C14H13NO/c1-2-16-14-8-7-11-5-3-4-6-12(11)13(14)9-10-15/h3-8H,2,9H2,1H3. The van der Waals surface area contributed by atoms with Crippen molar-refractivity contribution in [1.29, 1.82) is 5.26 Å². The fourth-order valence-electron chi connectivity index (χ4n) is 1.87. The Bertz CT molecular complexity index is 540. The molecule has 0 amide bonds. The van der Waals surface area contributed by atoms with Gasteiger partial charge in [-0.15, -0.1) is 0 Å². The third-order valence-corrected chi connectivity index (χ3v) is 2.55. The Morgan fingerprint density at radius 2 is 2.00 bits per heavy atom. The van der Waals surface area contributed by atoms with Crippen LogP contribution in [-0.2, 0) is 6.42 Å². The Labute approximate surface area is 95.1 Å². The first kappa shape index (κ1) is 10.5. The van der Waals surface area contributed by atoms with Crippen LogP contribution in [0, 0.1) is 11.3 Å². The van der Waals surface area contributed by atoms with Crippen LogP contribution in [0.15, 0.2) is 36.4 Å². The first-order valence-electron chi connectivity index (χ1n) is 5.37. The minimum Gasteiger partial charge on any atom is -0.494 e. The minimum absolute atomic E-state index is 0.386. The average molecular weight is 211 g/mol. The molecule has 0 saturated heterocycles. The summed E-state index contributed by atoms with van der Waals surface area (Å²) < 4.78 is 5.55. The second kappa shape index (κ2) is 4.67. The Balaban J connectivity index is 2.64. The summed E-state index contributed by atoms with van der Waals surface area (Å²) in [6.07, 6.45) is 0.386. The summed E-state index contributed by atoms with van der Waals surface area (Å²) in [7, 11) is 0. The smallest absolute Gasteiger partial charge is 0.124 e. The molecule has 2 aromatic carbocycles. The van der Waals surface area contributed by atoms with E-state index in [0.29, 0.717) is 13.0 Å². The van der Waals surface area contributed by atoms with Crippen molar-refractivity contribution in [2.45, 2.75) is 13.3 Å². The van der Waals surface area contributed by atoms with E-state index in [1.54, 1.807) is 0 Å². The van der Waals surface area contributed by atoms with Gasteiger partial charge in [0, 0.05) is 5.56 Å². The van der Waals surface area contributed by atoms with Gasteiger partial charge in [-0.1, -0.05) is 30.3 Å². The predicted octanol–water partition coefficient (Wildman–Crippen LogP) is 3.30. The molecular weight excluding hydrogens is 198 g/mol. The number of hydrogen-bond acceptors (Lipinski definition) is 2. The van der Waals surface area contributed by atoms with Crippen molar-refractivity contribution in [3.05, 3.63) is 42.0 Å². The van der Waals surface area contributed by atoms with Gasteiger partial charge in [0.2, 0.25) is 0 Å². The number of hydrogen-bond donors (Lipinski definition) is 0. The van der Waals surface area contributed by atoms with Crippen LogP contribution in [-0.4, -0.2) is 6.61 Å². The lowest BCUT2D eigenvalue weighted by molar-refractivity contribution is 0.338. The Morgan fingerprint density at radius 1 is 1.19 bits per heavy atom. The van der Waals surface area contributed by atoms with Crippen LogP contribution in [0.5, 0.6) is 5.75 Å². The molecule has 2 nitrogen and oxygen atoms in total. The molecule has 0 heterocycles. The molecule has 0 atom stereocenters. The van der Waals surface area contributed by atoms with Crippen molar-refractivity contribution in [3.8, 4) is 11.8 Å². The first-order chi connectivity index (χ1) is 7.86. The minimum atomic E-state index is 0.386. The fraction of sp³-hybridized carbons (Fsp3) is 0.214. The average Bonchev–Trinajstić information content (AvgIpc) is 2.32. The Kier molecular flexibility index (Phi) is 3.07. The largest absolute Gasteiger partial charge is 0.494 e. The Hall–Kier alpha value is -2.01. The second-order valence-corrected chi connectivity index (χ2v) is 3.53. The van der Waals surface area contributed by atoms with Crippen LogP contribution >= 0.6 is 0 Å². The van der Waals surface area contributed by atoms with E-state index in [4.69, 9.17) is 10.00 Å². The van der Waals surface area contributed by atoms with Gasteiger partial charge in [0.25, 0.3) is 0 Å². The zero-order valence-electron chi connectivity index (χ0n) is 9.23. The van der Waals surface area contributed by atoms with Gasteiger partial charge in [0.15, 0.2) is 0 Å². The number of benzene rings is 2. The SMILES string of the molecule is CCOc1ccc2ccccc2c1CC#N. The molecule has 0 saturated carbocycles. The fourth-order valence-corrected chi connectivity index (χ4v) is 1.87. The third kappa shape index (κ3) is 1.85. The van der Waals surface area contributed by atoms with Gasteiger partial charge in [0.05, 0.1) is 19.1 Å². The predicted molar refractivity (Wildman–Crippen MR) is 64.4 cm³/mol. The summed E-state index contributed by atoms with van der Waals surface area (Å²) in [6, 6.07) is 14.2. The van der Waals surface area contributed by atoms with E-state index >= 15 is 0 Å². The molecular formula is C14H13NO. The Morgan fingerprint density at radius 3 is 2.75 bits per heavy atom. The van der Waals surface area contributed by atoms with E-state index in [1.807, 2.05) is 43.3 Å². The summed E-state index contributed by atoms with van der Waals surface area (Å²) in [4.78, 5) is 0. The maximum absolute atomic E-state index is 8.87. The first-order valence-corrected chi connectivity index (χ1v) is 5.37. The van der Waals surface area contributed by atoms with Crippen LogP contribution in [0.2, 0.25) is 0 Å². The molecule has 0 N–H and O–H groups in total. The van der Waals surface area contributed by atoms with Gasteiger partial charge >= 0.3 is 0 Å². The molecule has 0 fully saturated rings. The topological polar surface area (TPSA) is 33.0 Å². The second-order valence-electron chi connectivity index (χ2n) is 3.53. The van der Waals surface area contributed by atoms with E-state index in [2.05, 4.69) is 6.07 Å². The van der Waals surface area contributed by atoms with E-state index in [-0.39, 0.29) is 0 Å². The number of rotatable bonds is 3. The van der Waals surface area contributed by atoms with E-state index in [0.717, 1.165) is 22.1 Å². The zero-order chi connectivity index (χ0) is 11.4.